The van der Waals surface area contributed by atoms with E-state index < -0.39 is 4.92 Å². The van der Waals surface area contributed by atoms with Gasteiger partial charge in [-0.25, -0.2) is 4.79 Å². The summed E-state index contributed by atoms with van der Waals surface area (Å²) >= 11 is 0. The van der Waals surface area contributed by atoms with Crippen molar-refractivity contribution in [2.75, 3.05) is 51.3 Å². The van der Waals surface area contributed by atoms with Crippen LogP contribution in [0.4, 0.5) is 16.2 Å². The minimum Gasteiger partial charge on any atom is -0.383 e. The Morgan fingerprint density at radius 2 is 1.85 bits per heavy atom. The molecule has 0 unspecified atom stereocenters. The second-order valence-corrected chi connectivity index (χ2v) is 6.83. The quantitative estimate of drug-likeness (QED) is 0.342. The number of amides is 2. The van der Waals surface area contributed by atoms with Crippen molar-refractivity contribution in [3.8, 4) is 0 Å². The molecular formula is C18H29N5O4. The van der Waals surface area contributed by atoms with Crippen molar-refractivity contribution in [2.45, 2.75) is 19.9 Å². The van der Waals surface area contributed by atoms with Gasteiger partial charge in [-0.2, -0.15) is 0 Å². The Kier molecular flexibility index (Phi) is 8.28. The minimum absolute atomic E-state index is 0.0537. The summed E-state index contributed by atoms with van der Waals surface area (Å²) in [5.41, 5.74) is 0.827. The zero-order valence-electron chi connectivity index (χ0n) is 15.9. The Morgan fingerprint density at radius 1 is 1.19 bits per heavy atom. The zero-order valence-corrected chi connectivity index (χ0v) is 15.9. The summed E-state index contributed by atoms with van der Waals surface area (Å²) < 4.78 is 5.39. The fourth-order valence-electron chi connectivity index (χ4n) is 3.04. The molecule has 1 aromatic rings. The molecule has 1 aliphatic rings. The molecule has 9 nitrogen and oxygen atoms in total. The minimum atomic E-state index is -0.434. The van der Waals surface area contributed by atoms with Gasteiger partial charge in [-0.15, -0.1) is 0 Å². The van der Waals surface area contributed by atoms with Gasteiger partial charge in [-0.05, 0) is 18.1 Å². The summed E-state index contributed by atoms with van der Waals surface area (Å²) in [4.78, 5) is 24.6. The standard InChI is InChI=1S/C18H29N5O4/c1-14(2)17(22-9-11-27-12-10-22)13-21-18(24)20-8-7-19-15-3-5-16(6-4-15)23(25)26/h3-6,14,17,19H,7-13H2,1-2H3,(H2,20,21,24)/t17-/m1/s1. The van der Waals surface area contributed by atoms with Gasteiger partial charge in [-0.3, -0.25) is 15.0 Å². The first-order valence-corrected chi connectivity index (χ1v) is 9.29. The number of carbonyl (C=O) groups is 1. The molecule has 1 heterocycles. The van der Waals surface area contributed by atoms with Crippen molar-refractivity contribution in [3.05, 3.63) is 34.4 Å². The van der Waals surface area contributed by atoms with E-state index in [9.17, 15) is 14.9 Å². The number of ether oxygens (including phenoxy) is 1. The van der Waals surface area contributed by atoms with E-state index in [1.807, 2.05) is 0 Å². The summed E-state index contributed by atoms with van der Waals surface area (Å²) in [6, 6.07) is 6.28. The third kappa shape index (κ3) is 7.03. The van der Waals surface area contributed by atoms with Gasteiger partial charge < -0.3 is 20.7 Å². The van der Waals surface area contributed by atoms with Gasteiger partial charge in [0.2, 0.25) is 0 Å². The molecule has 2 rings (SSSR count). The average Bonchev–Trinajstić information content (AvgIpc) is 2.66. The van der Waals surface area contributed by atoms with Crippen molar-refractivity contribution in [3.63, 3.8) is 0 Å². The molecule has 1 atom stereocenters. The maximum atomic E-state index is 12.0. The van der Waals surface area contributed by atoms with E-state index in [-0.39, 0.29) is 17.8 Å². The Bertz CT molecular complexity index is 602. The number of nitro benzene ring substituents is 1. The molecule has 3 N–H and O–H groups in total. The van der Waals surface area contributed by atoms with Gasteiger partial charge in [0.25, 0.3) is 5.69 Å². The van der Waals surface area contributed by atoms with E-state index >= 15 is 0 Å². The lowest BCUT2D eigenvalue weighted by atomic mass is 10.0. The second-order valence-electron chi connectivity index (χ2n) is 6.83. The third-order valence-electron chi connectivity index (χ3n) is 4.57. The fourth-order valence-corrected chi connectivity index (χ4v) is 3.04. The van der Waals surface area contributed by atoms with Gasteiger partial charge in [0.1, 0.15) is 0 Å². The number of rotatable bonds is 9. The highest BCUT2D eigenvalue weighted by molar-refractivity contribution is 5.73. The lowest BCUT2D eigenvalue weighted by molar-refractivity contribution is -0.384. The van der Waals surface area contributed by atoms with E-state index in [4.69, 9.17) is 4.74 Å². The van der Waals surface area contributed by atoms with E-state index in [1.165, 1.54) is 12.1 Å². The first kappa shape index (κ1) is 20.9. The number of urea groups is 1. The average molecular weight is 379 g/mol. The SMILES string of the molecule is CC(C)[C@@H](CNC(=O)NCCNc1ccc([N+](=O)[O-])cc1)N1CCOCC1. The van der Waals surface area contributed by atoms with Crippen LogP contribution in [-0.2, 0) is 4.74 Å². The Labute approximate surface area is 159 Å². The summed E-state index contributed by atoms with van der Waals surface area (Å²) in [7, 11) is 0. The maximum absolute atomic E-state index is 12.0. The normalized spacial score (nSPS) is 16.0. The number of hydrogen-bond acceptors (Lipinski definition) is 6. The van der Waals surface area contributed by atoms with Gasteiger partial charge in [0, 0.05) is 56.6 Å². The van der Waals surface area contributed by atoms with Crippen molar-refractivity contribution in [1.29, 1.82) is 0 Å². The number of carbonyl (C=O) groups excluding carboxylic acids is 1. The van der Waals surface area contributed by atoms with Crippen molar-refractivity contribution < 1.29 is 14.5 Å². The van der Waals surface area contributed by atoms with Crippen LogP contribution in [0.15, 0.2) is 24.3 Å². The summed E-state index contributed by atoms with van der Waals surface area (Å²) in [6.45, 7) is 9.17. The summed E-state index contributed by atoms with van der Waals surface area (Å²) in [5.74, 6) is 0.437. The number of morpholine rings is 1. The number of anilines is 1. The van der Waals surface area contributed by atoms with Crippen LogP contribution in [0.1, 0.15) is 13.8 Å². The number of nitrogens with one attached hydrogen (secondary N) is 3. The largest absolute Gasteiger partial charge is 0.383 e. The number of hydrogen-bond donors (Lipinski definition) is 3. The van der Waals surface area contributed by atoms with Gasteiger partial charge in [-0.1, -0.05) is 13.8 Å². The van der Waals surface area contributed by atoms with Crippen LogP contribution in [0, 0.1) is 16.0 Å². The van der Waals surface area contributed by atoms with Crippen LogP contribution in [-0.4, -0.2) is 67.8 Å². The van der Waals surface area contributed by atoms with Gasteiger partial charge >= 0.3 is 6.03 Å². The molecule has 1 saturated heterocycles. The Morgan fingerprint density at radius 3 is 2.44 bits per heavy atom. The van der Waals surface area contributed by atoms with Crippen LogP contribution >= 0.6 is 0 Å². The van der Waals surface area contributed by atoms with E-state index in [2.05, 4.69) is 34.7 Å². The summed E-state index contributed by atoms with van der Waals surface area (Å²) in [5, 5.41) is 19.5. The smallest absolute Gasteiger partial charge is 0.314 e. The lowest BCUT2D eigenvalue weighted by Crippen LogP contribution is -2.52. The van der Waals surface area contributed by atoms with Crippen LogP contribution in [0.3, 0.4) is 0 Å². The van der Waals surface area contributed by atoms with Crippen molar-refractivity contribution in [1.82, 2.24) is 15.5 Å². The number of non-ortho nitro benzene ring substituents is 1. The lowest BCUT2D eigenvalue weighted by Gasteiger charge is -2.36. The predicted octanol–water partition coefficient (Wildman–Crippen LogP) is 1.66. The second kappa shape index (κ2) is 10.7. The number of nitrogens with zero attached hydrogens (tertiary/aromatic N) is 2. The number of nitro groups is 1. The van der Waals surface area contributed by atoms with Crippen LogP contribution in [0.2, 0.25) is 0 Å². The van der Waals surface area contributed by atoms with E-state index in [0.717, 1.165) is 32.0 Å². The highest BCUT2D eigenvalue weighted by Gasteiger charge is 2.24. The van der Waals surface area contributed by atoms with Gasteiger partial charge in [0.05, 0.1) is 18.1 Å². The molecule has 0 aromatic heterocycles. The van der Waals surface area contributed by atoms with Gasteiger partial charge in [0.15, 0.2) is 0 Å². The topological polar surface area (TPSA) is 109 Å². The third-order valence-corrected chi connectivity index (χ3v) is 4.57. The molecule has 0 spiro atoms. The molecule has 1 aromatic carbocycles. The molecule has 0 aliphatic carbocycles. The monoisotopic (exact) mass is 379 g/mol. The molecule has 0 bridgehead atoms. The Hall–Kier alpha value is -2.39. The Balaban J connectivity index is 1.65. The molecule has 0 saturated carbocycles. The van der Waals surface area contributed by atoms with E-state index in [1.54, 1.807) is 12.1 Å². The molecule has 9 heteroatoms. The molecular weight excluding hydrogens is 350 g/mol. The highest BCUT2D eigenvalue weighted by Crippen LogP contribution is 2.15. The fraction of sp³-hybridized carbons (Fsp3) is 0.611. The highest BCUT2D eigenvalue weighted by atomic mass is 16.6. The maximum Gasteiger partial charge on any atom is 0.314 e. The van der Waals surface area contributed by atoms with Crippen LogP contribution in [0.5, 0.6) is 0 Å². The van der Waals surface area contributed by atoms with Crippen molar-refractivity contribution in [2.24, 2.45) is 5.92 Å². The first-order valence-electron chi connectivity index (χ1n) is 9.29. The van der Waals surface area contributed by atoms with Crippen LogP contribution < -0.4 is 16.0 Å². The molecule has 0 radical (unpaired) electrons. The first-order chi connectivity index (χ1) is 13.0. The molecule has 150 valence electrons. The molecule has 27 heavy (non-hydrogen) atoms. The van der Waals surface area contributed by atoms with Crippen molar-refractivity contribution >= 4 is 17.4 Å². The summed E-state index contributed by atoms with van der Waals surface area (Å²) in [6.07, 6.45) is 0. The molecule has 1 fully saturated rings. The predicted molar refractivity (Wildman–Crippen MR) is 104 cm³/mol. The van der Waals surface area contributed by atoms with E-state index in [0.29, 0.717) is 25.6 Å². The molecule has 1 aliphatic heterocycles. The zero-order chi connectivity index (χ0) is 19.6. The number of benzene rings is 1. The van der Waals surface area contributed by atoms with Crippen LogP contribution in [0.25, 0.3) is 0 Å². The molecule has 2 amide bonds.